The number of aromatic nitrogens is 2. The van der Waals surface area contributed by atoms with Gasteiger partial charge in [-0.3, -0.25) is 9.69 Å². The van der Waals surface area contributed by atoms with E-state index in [-0.39, 0.29) is 18.4 Å². The number of rotatable bonds is 7. The summed E-state index contributed by atoms with van der Waals surface area (Å²) < 4.78 is 41.1. The van der Waals surface area contributed by atoms with E-state index in [1.807, 2.05) is 30.3 Å². The van der Waals surface area contributed by atoms with Gasteiger partial charge in [0.15, 0.2) is 0 Å². The molecule has 4 rings (SSSR count). The standard InChI is InChI=1S/C27H32F3N5O/c1-19-24(20(2)35(32-19)23-11-7-10-22(16-23)27(28,29)30)17-26(36)31-25(21-8-5-4-6-9-21)18-34-14-12-33(3)13-15-34/h4-11,16,25H,12-15,17-18H2,1-3H3,(H,31,36). The molecule has 0 spiro atoms. The molecule has 0 bridgehead atoms. The van der Waals surface area contributed by atoms with E-state index in [4.69, 9.17) is 0 Å². The Morgan fingerprint density at radius 2 is 1.72 bits per heavy atom. The van der Waals surface area contributed by atoms with Crippen LogP contribution < -0.4 is 5.32 Å². The zero-order valence-electron chi connectivity index (χ0n) is 20.8. The summed E-state index contributed by atoms with van der Waals surface area (Å²) in [6.07, 6.45) is -4.34. The smallest absolute Gasteiger partial charge is 0.348 e. The lowest BCUT2D eigenvalue weighted by atomic mass is 10.0. The normalized spacial score (nSPS) is 16.2. The molecule has 0 aliphatic carbocycles. The van der Waals surface area contributed by atoms with E-state index in [1.165, 1.54) is 10.7 Å². The number of hydrogen-bond donors (Lipinski definition) is 1. The van der Waals surface area contributed by atoms with Crippen molar-refractivity contribution in [2.45, 2.75) is 32.5 Å². The highest BCUT2D eigenvalue weighted by atomic mass is 19.4. The van der Waals surface area contributed by atoms with Crippen LogP contribution in [-0.4, -0.2) is 65.3 Å². The first-order valence-electron chi connectivity index (χ1n) is 12.1. The number of benzene rings is 2. The number of aryl methyl sites for hydroxylation is 1. The number of alkyl halides is 3. The molecule has 0 saturated carbocycles. The van der Waals surface area contributed by atoms with Crippen molar-refractivity contribution in [2.75, 3.05) is 39.8 Å². The average Bonchev–Trinajstić information content (AvgIpc) is 3.13. The zero-order valence-corrected chi connectivity index (χ0v) is 20.8. The second-order valence-corrected chi connectivity index (χ2v) is 9.42. The van der Waals surface area contributed by atoms with Crippen molar-refractivity contribution in [3.63, 3.8) is 0 Å². The SMILES string of the molecule is Cc1nn(-c2cccc(C(F)(F)F)c2)c(C)c1CC(=O)NC(CN1CCN(C)CC1)c1ccccc1. The number of carbonyl (C=O) groups excluding carboxylic acids is 1. The Balaban J connectivity index is 1.51. The summed E-state index contributed by atoms with van der Waals surface area (Å²) in [6, 6.07) is 14.8. The molecule has 3 aromatic rings. The topological polar surface area (TPSA) is 53.4 Å². The summed E-state index contributed by atoms with van der Waals surface area (Å²) in [4.78, 5) is 17.9. The lowest BCUT2D eigenvalue weighted by molar-refractivity contribution is -0.137. The molecule has 1 saturated heterocycles. The van der Waals surface area contributed by atoms with Crippen LogP contribution >= 0.6 is 0 Å². The van der Waals surface area contributed by atoms with Crippen molar-refractivity contribution >= 4 is 5.91 Å². The summed E-state index contributed by atoms with van der Waals surface area (Å²) in [5.41, 5.74) is 2.61. The van der Waals surface area contributed by atoms with E-state index < -0.39 is 11.7 Å². The van der Waals surface area contributed by atoms with Gasteiger partial charge in [0.1, 0.15) is 0 Å². The number of amides is 1. The Kier molecular flexibility index (Phi) is 7.80. The maximum absolute atomic E-state index is 13.2. The van der Waals surface area contributed by atoms with Crippen LogP contribution in [0.5, 0.6) is 0 Å². The van der Waals surface area contributed by atoms with Gasteiger partial charge >= 0.3 is 6.18 Å². The minimum atomic E-state index is -4.44. The van der Waals surface area contributed by atoms with Crippen LogP contribution in [0.3, 0.4) is 0 Å². The number of hydrogen-bond acceptors (Lipinski definition) is 4. The van der Waals surface area contributed by atoms with Crippen molar-refractivity contribution < 1.29 is 18.0 Å². The predicted octanol–water partition coefficient (Wildman–Crippen LogP) is 4.16. The van der Waals surface area contributed by atoms with Crippen molar-refractivity contribution in [1.82, 2.24) is 24.9 Å². The first-order valence-corrected chi connectivity index (χ1v) is 12.1. The molecule has 36 heavy (non-hydrogen) atoms. The van der Waals surface area contributed by atoms with Crippen LogP contribution in [0.2, 0.25) is 0 Å². The van der Waals surface area contributed by atoms with Crippen LogP contribution in [0, 0.1) is 13.8 Å². The summed E-state index contributed by atoms with van der Waals surface area (Å²) in [7, 11) is 2.11. The third kappa shape index (κ3) is 6.14. The van der Waals surface area contributed by atoms with Gasteiger partial charge in [-0.15, -0.1) is 0 Å². The lowest BCUT2D eigenvalue weighted by Gasteiger charge is -2.35. The maximum atomic E-state index is 13.2. The van der Waals surface area contributed by atoms with E-state index in [9.17, 15) is 18.0 Å². The third-order valence-corrected chi connectivity index (χ3v) is 6.77. The van der Waals surface area contributed by atoms with Gasteiger partial charge in [-0.2, -0.15) is 18.3 Å². The highest BCUT2D eigenvalue weighted by Gasteiger charge is 2.31. The maximum Gasteiger partial charge on any atom is 0.416 e. The second-order valence-electron chi connectivity index (χ2n) is 9.42. The molecule has 9 heteroatoms. The summed E-state index contributed by atoms with van der Waals surface area (Å²) in [5.74, 6) is -0.146. The van der Waals surface area contributed by atoms with Gasteiger partial charge < -0.3 is 10.2 Å². The highest BCUT2D eigenvalue weighted by molar-refractivity contribution is 5.79. The Bertz CT molecular complexity index is 1180. The molecule has 192 valence electrons. The molecule has 2 aromatic carbocycles. The minimum Gasteiger partial charge on any atom is -0.348 e. The van der Waals surface area contributed by atoms with E-state index in [0.29, 0.717) is 23.6 Å². The fourth-order valence-corrected chi connectivity index (χ4v) is 4.61. The molecular weight excluding hydrogens is 467 g/mol. The van der Waals surface area contributed by atoms with Crippen molar-refractivity contribution in [3.05, 3.63) is 82.7 Å². The molecule has 1 unspecified atom stereocenters. The number of nitrogens with one attached hydrogen (secondary N) is 1. The number of carbonyl (C=O) groups is 1. The van der Waals surface area contributed by atoms with E-state index in [2.05, 4.69) is 27.3 Å². The Morgan fingerprint density at radius 1 is 1.03 bits per heavy atom. The van der Waals surface area contributed by atoms with Gasteiger partial charge in [0, 0.05) is 44.0 Å². The quantitative estimate of drug-likeness (QED) is 0.531. The van der Waals surface area contributed by atoms with Crippen LogP contribution in [0.25, 0.3) is 5.69 Å². The van der Waals surface area contributed by atoms with Gasteiger partial charge in [-0.05, 0) is 44.7 Å². The number of nitrogens with zero attached hydrogens (tertiary/aromatic N) is 4. The molecule has 0 radical (unpaired) electrons. The zero-order chi connectivity index (χ0) is 25.9. The molecule has 1 aliphatic rings. The number of piperazine rings is 1. The fourth-order valence-electron chi connectivity index (χ4n) is 4.61. The van der Waals surface area contributed by atoms with Crippen LogP contribution in [0.4, 0.5) is 13.2 Å². The number of halogens is 3. The molecule has 1 amide bonds. The van der Waals surface area contributed by atoms with Crippen LogP contribution in [-0.2, 0) is 17.4 Å². The highest BCUT2D eigenvalue weighted by Crippen LogP contribution is 2.31. The molecule has 2 heterocycles. The predicted molar refractivity (Wildman–Crippen MR) is 133 cm³/mol. The lowest BCUT2D eigenvalue weighted by Crippen LogP contribution is -2.48. The fraction of sp³-hybridized carbons (Fsp3) is 0.407. The summed E-state index contributed by atoms with van der Waals surface area (Å²) >= 11 is 0. The molecular formula is C27H32F3N5O. The molecule has 1 aromatic heterocycles. The molecule has 1 atom stereocenters. The third-order valence-electron chi connectivity index (χ3n) is 6.77. The van der Waals surface area contributed by atoms with Crippen LogP contribution in [0.1, 0.15) is 34.1 Å². The number of likely N-dealkylation sites (N-methyl/N-ethyl adjacent to an activating group) is 1. The van der Waals surface area contributed by atoms with Gasteiger partial charge in [-0.25, -0.2) is 4.68 Å². The van der Waals surface area contributed by atoms with Gasteiger partial charge in [-0.1, -0.05) is 36.4 Å². The van der Waals surface area contributed by atoms with Gasteiger partial charge in [0.05, 0.1) is 29.4 Å². The molecule has 6 nitrogen and oxygen atoms in total. The minimum absolute atomic E-state index is 0.0999. The first-order chi connectivity index (χ1) is 17.1. The Labute approximate surface area is 209 Å². The van der Waals surface area contributed by atoms with Crippen molar-refractivity contribution in [2.24, 2.45) is 0 Å². The molecule has 1 fully saturated rings. The van der Waals surface area contributed by atoms with E-state index in [0.717, 1.165) is 49.4 Å². The van der Waals surface area contributed by atoms with Crippen molar-refractivity contribution in [1.29, 1.82) is 0 Å². The largest absolute Gasteiger partial charge is 0.416 e. The van der Waals surface area contributed by atoms with E-state index in [1.54, 1.807) is 19.9 Å². The molecule has 1 aliphatic heterocycles. The van der Waals surface area contributed by atoms with E-state index >= 15 is 0 Å². The average molecular weight is 500 g/mol. The van der Waals surface area contributed by atoms with Crippen LogP contribution in [0.15, 0.2) is 54.6 Å². The monoisotopic (exact) mass is 499 g/mol. The Morgan fingerprint density at radius 3 is 2.39 bits per heavy atom. The first kappa shape index (κ1) is 25.9. The Hall–Kier alpha value is -3.17. The second kappa shape index (κ2) is 10.8. The van der Waals surface area contributed by atoms with Gasteiger partial charge in [0.25, 0.3) is 0 Å². The molecule has 1 N–H and O–H groups in total. The van der Waals surface area contributed by atoms with Gasteiger partial charge in [0.2, 0.25) is 5.91 Å². The summed E-state index contributed by atoms with van der Waals surface area (Å²) in [6.45, 7) is 8.13. The summed E-state index contributed by atoms with van der Waals surface area (Å²) in [5, 5.41) is 7.64. The van der Waals surface area contributed by atoms with Crippen molar-refractivity contribution in [3.8, 4) is 5.69 Å².